The monoisotopic (exact) mass is 353 g/mol. The van der Waals surface area contributed by atoms with Crippen LogP contribution in [0.2, 0.25) is 0 Å². The molecule has 0 aliphatic carbocycles. The third-order valence-corrected chi connectivity index (χ3v) is 4.57. The SMILES string of the molecule is Cc1ccn2ncc(NC(=O)c3c(C)cc(C4CCCO4)oc3=O)c2c1. The van der Waals surface area contributed by atoms with Crippen LogP contribution < -0.4 is 10.9 Å². The molecule has 1 aliphatic rings. The van der Waals surface area contributed by atoms with Crippen molar-refractivity contribution < 1.29 is 13.9 Å². The van der Waals surface area contributed by atoms with Crippen LogP contribution in [0, 0.1) is 13.8 Å². The van der Waals surface area contributed by atoms with Crippen LogP contribution in [0.4, 0.5) is 5.69 Å². The standard InChI is InChI=1S/C19H19N3O4/c1-11-5-6-22-14(8-11)13(10-20-22)21-18(23)17-12(2)9-16(26-19(17)24)15-4-3-7-25-15/h5-6,8-10,15H,3-4,7H2,1-2H3,(H,21,23). The maximum Gasteiger partial charge on any atom is 0.349 e. The van der Waals surface area contributed by atoms with E-state index in [1.54, 1.807) is 23.7 Å². The number of carbonyl (C=O) groups is 1. The number of fused-ring (bicyclic) bond motifs is 1. The molecule has 7 nitrogen and oxygen atoms in total. The van der Waals surface area contributed by atoms with Crippen molar-refractivity contribution in [1.82, 2.24) is 9.61 Å². The van der Waals surface area contributed by atoms with E-state index in [2.05, 4.69) is 10.4 Å². The Bertz CT molecular complexity index is 1040. The summed E-state index contributed by atoms with van der Waals surface area (Å²) in [5, 5.41) is 6.97. The first-order valence-electron chi connectivity index (χ1n) is 8.54. The number of carbonyl (C=O) groups excluding carboxylic acids is 1. The average molecular weight is 353 g/mol. The molecule has 134 valence electrons. The van der Waals surface area contributed by atoms with Crippen molar-refractivity contribution in [3.8, 4) is 0 Å². The van der Waals surface area contributed by atoms with Crippen LogP contribution >= 0.6 is 0 Å². The second-order valence-electron chi connectivity index (χ2n) is 6.54. The van der Waals surface area contributed by atoms with Crippen LogP contribution in [0.5, 0.6) is 0 Å². The lowest BCUT2D eigenvalue weighted by molar-refractivity contribution is 0.0895. The lowest BCUT2D eigenvalue weighted by atomic mass is 10.1. The molecular formula is C19H19N3O4. The number of nitrogens with zero attached hydrogens (tertiary/aromatic N) is 2. The Balaban J connectivity index is 1.65. The zero-order chi connectivity index (χ0) is 18.3. The Morgan fingerprint density at radius 3 is 2.92 bits per heavy atom. The number of amides is 1. The fourth-order valence-corrected chi connectivity index (χ4v) is 3.23. The molecule has 1 atom stereocenters. The third-order valence-electron chi connectivity index (χ3n) is 4.57. The minimum atomic E-state index is -0.652. The van der Waals surface area contributed by atoms with E-state index in [1.807, 2.05) is 25.3 Å². The van der Waals surface area contributed by atoms with Gasteiger partial charge in [0.1, 0.15) is 17.4 Å². The number of anilines is 1. The molecular weight excluding hydrogens is 334 g/mol. The topological polar surface area (TPSA) is 85.8 Å². The third kappa shape index (κ3) is 2.90. The highest BCUT2D eigenvalue weighted by Crippen LogP contribution is 2.28. The van der Waals surface area contributed by atoms with E-state index in [4.69, 9.17) is 9.15 Å². The van der Waals surface area contributed by atoms with Gasteiger partial charge >= 0.3 is 5.63 Å². The van der Waals surface area contributed by atoms with Crippen LogP contribution in [0.1, 0.15) is 46.2 Å². The van der Waals surface area contributed by atoms with Crippen molar-refractivity contribution in [1.29, 1.82) is 0 Å². The maximum atomic E-state index is 12.7. The first-order chi connectivity index (χ1) is 12.5. The molecule has 4 rings (SSSR count). The van der Waals surface area contributed by atoms with Crippen LogP contribution in [0.25, 0.3) is 5.52 Å². The van der Waals surface area contributed by atoms with Gasteiger partial charge in [-0.3, -0.25) is 4.79 Å². The number of nitrogens with one attached hydrogen (secondary N) is 1. The number of pyridine rings is 1. The van der Waals surface area contributed by atoms with Crippen LogP contribution in [-0.4, -0.2) is 22.1 Å². The summed E-state index contributed by atoms with van der Waals surface area (Å²) >= 11 is 0. The molecule has 1 aliphatic heterocycles. The first kappa shape index (κ1) is 16.5. The van der Waals surface area contributed by atoms with E-state index in [0.717, 1.165) is 23.9 Å². The van der Waals surface area contributed by atoms with Gasteiger partial charge in [0.05, 0.1) is 17.4 Å². The fraction of sp³-hybridized carbons (Fsp3) is 0.316. The van der Waals surface area contributed by atoms with Crippen LogP contribution in [-0.2, 0) is 4.74 Å². The Hall–Kier alpha value is -2.93. The van der Waals surface area contributed by atoms with Crippen molar-refractivity contribution in [2.75, 3.05) is 11.9 Å². The smallest absolute Gasteiger partial charge is 0.349 e. The van der Waals surface area contributed by atoms with Crippen molar-refractivity contribution in [2.45, 2.75) is 32.8 Å². The molecule has 3 aromatic rings. The molecule has 3 aromatic heterocycles. The summed E-state index contributed by atoms with van der Waals surface area (Å²) in [6.07, 6.45) is 4.92. The largest absolute Gasteiger partial charge is 0.424 e. The molecule has 1 amide bonds. The predicted molar refractivity (Wildman–Crippen MR) is 95.5 cm³/mol. The highest BCUT2D eigenvalue weighted by atomic mass is 16.5. The molecule has 1 fully saturated rings. The van der Waals surface area contributed by atoms with Gasteiger partial charge < -0.3 is 14.5 Å². The molecule has 0 bridgehead atoms. The second-order valence-corrected chi connectivity index (χ2v) is 6.54. The molecule has 0 spiro atoms. The highest BCUT2D eigenvalue weighted by Gasteiger charge is 2.24. The predicted octanol–water partition coefficient (Wildman–Crippen LogP) is 3.01. The normalized spacial score (nSPS) is 16.9. The van der Waals surface area contributed by atoms with Gasteiger partial charge in [-0.05, 0) is 56.0 Å². The van der Waals surface area contributed by atoms with E-state index in [0.29, 0.717) is 23.6 Å². The zero-order valence-electron chi connectivity index (χ0n) is 14.6. The summed E-state index contributed by atoms with van der Waals surface area (Å²) in [4.78, 5) is 25.1. The van der Waals surface area contributed by atoms with Crippen molar-refractivity contribution >= 4 is 17.1 Å². The number of ether oxygens (including phenoxy) is 1. The zero-order valence-corrected chi connectivity index (χ0v) is 14.6. The van der Waals surface area contributed by atoms with E-state index >= 15 is 0 Å². The maximum absolute atomic E-state index is 12.7. The quantitative estimate of drug-likeness (QED) is 0.782. The summed E-state index contributed by atoms with van der Waals surface area (Å²) in [7, 11) is 0. The van der Waals surface area contributed by atoms with Crippen molar-refractivity contribution in [3.63, 3.8) is 0 Å². The van der Waals surface area contributed by atoms with E-state index in [-0.39, 0.29) is 11.7 Å². The lowest BCUT2D eigenvalue weighted by Gasteiger charge is -2.11. The summed E-state index contributed by atoms with van der Waals surface area (Å²) in [5.74, 6) is -0.0281. The Morgan fingerprint density at radius 2 is 2.19 bits per heavy atom. The Morgan fingerprint density at radius 1 is 1.35 bits per heavy atom. The molecule has 1 saturated heterocycles. The van der Waals surface area contributed by atoms with E-state index in [9.17, 15) is 9.59 Å². The molecule has 0 radical (unpaired) electrons. The number of aryl methyl sites for hydroxylation is 2. The fourth-order valence-electron chi connectivity index (χ4n) is 3.23. The number of hydrogen-bond acceptors (Lipinski definition) is 5. The summed E-state index contributed by atoms with van der Waals surface area (Å²) in [5.41, 5.74) is 2.26. The Kier molecular flexibility index (Phi) is 4.08. The van der Waals surface area contributed by atoms with Gasteiger partial charge in [0, 0.05) is 12.8 Å². The van der Waals surface area contributed by atoms with Gasteiger partial charge in [0.25, 0.3) is 5.91 Å². The average Bonchev–Trinajstić information content (AvgIpc) is 3.24. The van der Waals surface area contributed by atoms with E-state index in [1.165, 1.54) is 0 Å². The number of aromatic nitrogens is 2. The summed E-state index contributed by atoms with van der Waals surface area (Å²) in [6, 6.07) is 5.55. The molecule has 26 heavy (non-hydrogen) atoms. The van der Waals surface area contributed by atoms with Crippen LogP contribution in [0.15, 0.2) is 39.8 Å². The van der Waals surface area contributed by atoms with Crippen molar-refractivity contribution in [2.24, 2.45) is 0 Å². The van der Waals surface area contributed by atoms with Gasteiger partial charge in [-0.1, -0.05) is 0 Å². The summed E-state index contributed by atoms with van der Waals surface area (Å²) < 4.78 is 12.6. The lowest BCUT2D eigenvalue weighted by Crippen LogP contribution is -2.23. The van der Waals surface area contributed by atoms with Crippen LogP contribution in [0.3, 0.4) is 0 Å². The second kappa shape index (κ2) is 6.42. The van der Waals surface area contributed by atoms with Gasteiger partial charge in [0.2, 0.25) is 0 Å². The van der Waals surface area contributed by atoms with Gasteiger partial charge in [-0.2, -0.15) is 5.10 Å². The van der Waals surface area contributed by atoms with E-state index < -0.39 is 11.5 Å². The molecule has 0 aromatic carbocycles. The van der Waals surface area contributed by atoms with Crippen molar-refractivity contribution in [3.05, 3.63) is 63.5 Å². The highest BCUT2D eigenvalue weighted by molar-refractivity contribution is 6.06. The molecule has 4 heterocycles. The number of hydrogen-bond donors (Lipinski definition) is 1. The molecule has 0 saturated carbocycles. The minimum absolute atomic E-state index is 0.00116. The van der Waals surface area contributed by atoms with Gasteiger partial charge in [-0.15, -0.1) is 0 Å². The summed E-state index contributed by atoms with van der Waals surface area (Å²) in [6.45, 7) is 4.34. The molecule has 1 unspecified atom stereocenters. The number of rotatable bonds is 3. The first-order valence-corrected chi connectivity index (χ1v) is 8.54. The Labute approximate surface area is 149 Å². The minimum Gasteiger partial charge on any atom is -0.424 e. The molecule has 7 heteroatoms. The van der Waals surface area contributed by atoms with Gasteiger partial charge in [-0.25, -0.2) is 9.31 Å². The van der Waals surface area contributed by atoms with Gasteiger partial charge in [0.15, 0.2) is 0 Å². The molecule has 1 N–H and O–H groups in total.